The first kappa shape index (κ1) is 11.0. The molecular formula is C11H24N2. The van der Waals surface area contributed by atoms with Crippen LogP contribution >= 0.6 is 0 Å². The van der Waals surface area contributed by atoms with E-state index in [1.54, 1.807) is 0 Å². The van der Waals surface area contributed by atoms with Crippen LogP contribution in [0, 0.1) is 17.8 Å². The fourth-order valence-corrected chi connectivity index (χ4v) is 2.09. The highest BCUT2D eigenvalue weighted by Gasteiger charge is 2.25. The minimum Gasteiger partial charge on any atom is -0.330 e. The molecule has 1 heterocycles. The Labute approximate surface area is 82.5 Å². The van der Waals surface area contributed by atoms with Crippen LogP contribution in [0.5, 0.6) is 0 Å². The average Bonchev–Trinajstić information content (AvgIpc) is 2.52. The Morgan fingerprint density at radius 3 is 2.54 bits per heavy atom. The number of hydrogen-bond donors (Lipinski definition) is 1. The maximum Gasteiger partial charge on any atom is 0.00192 e. The van der Waals surface area contributed by atoms with Gasteiger partial charge < -0.3 is 10.6 Å². The number of hydrogen-bond acceptors (Lipinski definition) is 2. The number of likely N-dealkylation sites (tertiary alicyclic amines) is 1. The molecule has 13 heavy (non-hydrogen) atoms. The van der Waals surface area contributed by atoms with Gasteiger partial charge in [0.1, 0.15) is 0 Å². The van der Waals surface area contributed by atoms with Crippen LogP contribution in [0.25, 0.3) is 0 Å². The molecule has 0 bridgehead atoms. The van der Waals surface area contributed by atoms with Crippen molar-refractivity contribution in [2.24, 2.45) is 23.5 Å². The maximum atomic E-state index is 5.62. The summed E-state index contributed by atoms with van der Waals surface area (Å²) in [6.45, 7) is 11.5. The summed E-state index contributed by atoms with van der Waals surface area (Å²) in [6, 6.07) is 0. The zero-order valence-electron chi connectivity index (χ0n) is 9.29. The number of rotatable bonds is 4. The Balaban J connectivity index is 2.25. The maximum absolute atomic E-state index is 5.62. The number of nitrogens with two attached hydrogens (primary N) is 1. The second-order valence-corrected chi connectivity index (χ2v) is 4.89. The topological polar surface area (TPSA) is 29.3 Å². The van der Waals surface area contributed by atoms with Gasteiger partial charge in [-0.2, -0.15) is 0 Å². The fraction of sp³-hybridized carbons (Fsp3) is 1.00. The fourth-order valence-electron chi connectivity index (χ4n) is 2.09. The van der Waals surface area contributed by atoms with Crippen LogP contribution in [-0.2, 0) is 0 Å². The van der Waals surface area contributed by atoms with Gasteiger partial charge in [-0.15, -0.1) is 0 Å². The summed E-state index contributed by atoms with van der Waals surface area (Å²) in [5, 5.41) is 0. The lowest BCUT2D eigenvalue weighted by Gasteiger charge is -2.20. The molecule has 1 saturated heterocycles. The minimum atomic E-state index is 0.658. The predicted molar refractivity (Wildman–Crippen MR) is 57.6 cm³/mol. The molecule has 0 radical (unpaired) electrons. The molecule has 0 aromatic heterocycles. The van der Waals surface area contributed by atoms with Gasteiger partial charge in [0.05, 0.1) is 0 Å². The van der Waals surface area contributed by atoms with Crippen LogP contribution in [0.2, 0.25) is 0 Å². The van der Waals surface area contributed by atoms with Crippen molar-refractivity contribution in [2.45, 2.75) is 27.2 Å². The van der Waals surface area contributed by atoms with Crippen molar-refractivity contribution in [3.63, 3.8) is 0 Å². The Hall–Kier alpha value is -0.0800. The standard InChI is InChI=1S/C11H24N2/c1-9(2)11-4-5-13(8-11)7-10(3)6-12/h9-11H,4-8,12H2,1-3H3. The second kappa shape index (κ2) is 4.97. The monoisotopic (exact) mass is 184 g/mol. The molecule has 0 spiro atoms. The van der Waals surface area contributed by atoms with E-state index in [1.165, 1.54) is 26.1 Å². The Kier molecular flexibility index (Phi) is 4.20. The highest BCUT2D eigenvalue weighted by Crippen LogP contribution is 2.23. The molecular weight excluding hydrogens is 160 g/mol. The molecule has 2 N–H and O–H groups in total. The van der Waals surface area contributed by atoms with Crippen LogP contribution in [0.4, 0.5) is 0 Å². The van der Waals surface area contributed by atoms with Crippen molar-refractivity contribution < 1.29 is 0 Å². The molecule has 0 aliphatic carbocycles. The largest absolute Gasteiger partial charge is 0.330 e. The van der Waals surface area contributed by atoms with Gasteiger partial charge in [0.2, 0.25) is 0 Å². The van der Waals surface area contributed by atoms with Crippen molar-refractivity contribution in [3.05, 3.63) is 0 Å². The van der Waals surface area contributed by atoms with E-state index >= 15 is 0 Å². The molecule has 0 saturated carbocycles. The van der Waals surface area contributed by atoms with Gasteiger partial charge in [0, 0.05) is 13.1 Å². The zero-order chi connectivity index (χ0) is 9.84. The van der Waals surface area contributed by atoms with E-state index in [4.69, 9.17) is 5.73 Å². The third kappa shape index (κ3) is 3.28. The minimum absolute atomic E-state index is 0.658. The third-order valence-corrected chi connectivity index (χ3v) is 3.22. The van der Waals surface area contributed by atoms with Crippen LogP contribution in [-0.4, -0.2) is 31.1 Å². The highest BCUT2D eigenvalue weighted by atomic mass is 15.1. The quantitative estimate of drug-likeness (QED) is 0.718. The van der Waals surface area contributed by atoms with E-state index < -0.39 is 0 Å². The van der Waals surface area contributed by atoms with Gasteiger partial charge in [-0.3, -0.25) is 0 Å². The first-order valence-electron chi connectivity index (χ1n) is 5.56. The van der Waals surface area contributed by atoms with Crippen LogP contribution < -0.4 is 5.73 Å². The molecule has 78 valence electrons. The van der Waals surface area contributed by atoms with Crippen molar-refractivity contribution >= 4 is 0 Å². The summed E-state index contributed by atoms with van der Waals surface area (Å²) in [7, 11) is 0. The summed E-state index contributed by atoms with van der Waals surface area (Å²) in [5.74, 6) is 2.43. The zero-order valence-corrected chi connectivity index (χ0v) is 9.29. The molecule has 2 heteroatoms. The van der Waals surface area contributed by atoms with E-state index in [-0.39, 0.29) is 0 Å². The SMILES string of the molecule is CC(CN)CN1CCC(C(C)C)C1. The predicted octanol–water partition coefficient (Wildman–Crippen LogP) is 1.56. The van der Waals surface area contributed by atoms with Gasteiger partial charge in [0.25, 0.3) is 0 Å². The summed E-state index contributed by atoms with van der Waals surface area (Å²) < 4.78 is 0. The Bertz CT molecular complexity index is 145. The molecule has 1 aliphatic rings. The van der Waals surface area contributed by atoms with Crippen molar-refractivity contribution in [1.29, 1.82) is 0 Å². The molecule has 1 aliphatic heterocycles. The summed E-state index contributed by atoms with van der Waals surface area (Å²) >= 11 is 0. The molecule has 2 nitrogen and oxygen atoms in total. The lowest BCUT2D eigenvalue weighted by atomic mass is 9.95. The molecule has 0 aromatic rings. The summed E-state index contributed by atoms with van der Waals surface area (Å²) in [5.41, 5.74) is 5.62. The second-order valence-electron chi connectivity index (χ2n) is 4.89. The first-order valence-corrected chi connectivity index (χ1v) is 5.56. The van der Waals surface area contributed by atoms with Crippen LogP contribution in [0.15, 0.2) is 0 Å². The molecule has 1 rings (SSSR count). The molecule has 2 atom stereocenters. The van der Waals surface area contributed by atoms with E-state index in [0.29, 0.717) is 5.92 Å². The van der Waals surface area contributed by atoms with Crippen molar-refractivity contribution in [1.82, 2.24) is 4.90 Å². The van der Waals surface area contributed by atoms with Crippen LogP contribution in [0.1, 0.15) is 27.2 Å². The highest BCUT2D eigenvalue weighted by molar-refractivity contribution is 4.78. The van der Waals surface area contributed by atoms with Gasteiger partial charge in [0.15, 0.2) is 0 Å². The van der Waals surface area contributed by atoms with E-state index in [1.807, 2.05) is 0 Å². The van der Waals surface area contributed by atoms with E-state index in [0.717, 1.165) is 18.4 Å². The summed E-state index contributed by atoms with van der Waals surface area (Å²) in [6.07, 6.45) is 1.38. The first-order chi connectivity index (χ1) is 6.13. The van der Waals surface area contributed by atoms with Gasteiger partial charge in [-0.1, -0.05) is 20.8 Å². The van der Waals surface area contributed by atoms with Gasteiger partial charge >= 0.3 is 0 Å². The average molecular weight is 184 g/mol. The molecule has 0 aromatic carbocycles. The third-order valence-electron chi connectivity index (χ3n) is 3.22. The molecule has 1 fully saturated rings. The van der Waals surface area contributed by atoms with Gasteiger partial charge in [-0.25, -0.2) is 0 Å². The van der Waals surface area contributed by atoms with E-state index in [2.05, 4.69) is 25.7 Å². The molecule has 0 amide bonds. The van der Waals surface area contributed by atoms with Crippen LogP contribution in [0.3, 0.4) is 0 Å². The molecule has 2 unspecified atom stereocenters. The smallest absolute Gasteiger partial charge is 0.00192 e. The summed E-state index contributed by atoms with van der Waals surface area (Å²) in [4.78, 5) is 2.57. The van der Waals surface area contributed by atoms with Crippen molar-refractivity contribution in [3.8, 4) is 0 Å². The van der Waals surface area contributed by atoms with Gasteiger partial charge in [-0.05, 0) is 37.3 Å². The number of nitrogens with zero attached hydrogens (tertiary/aromatic N) is 1. The van der Waals surface area contributed by atoms with Crippen molar-refractivity contribution in [2.75, 3.05) is 26.2 Å². The normalized spacial score (nSPS) is 27.0. The Morgan fingerprint density at radius 1 is 1.38 bits per heavy atom. The Morgan fingerprint density at radius 2 is 2.08 bits per heavy atom. The van der Waals surface area contributed by atoms with E-state index in [9.17, 15) is 0 Å². The lowest BCUT2D eigenvalue weighted by molar-refractivity contribution is 0.268. The lowest BCUT2D eigenvalue weighted by Crippen LogP contribution is -2.30.